The lowest BCUT2D eigenvalue weighted by Gasteiger charge is -2.13. The second-order valence-electron chi connectivity index (χ2n) is 3.08. The van der Waals surface area contributed by atoms with Crippen molar-refractivity contribution in [2.75, 3.05) is 13.2 Å². The zero-order chi connectivity index (χ0) is 9.84. The van der Waals surface area contributed by atoms with Crippen LogP contribution in [0.15, 0.2) is 5.11 Å². The molecule has 1 aliphatic heterocycles. The van der Waals surface area contributed by atoms with Crippen LogP contribution in [-0.4, -0.2) is 36.6 Å². The maximum Gasteiger partial charge on any atom is 0.131 e. The van der Waals surface area contributed by atoms with Crippen LogP contribution in [0, 0.1) is 5.92 Å². The summed E-state index contributed by atoms with van der Waals surface area (Å²) < 4.78 is 18.4. The minimum Gasteiger partial charge on any atom is -0.394 e. The Morgan fingerprint density at radius 2 is 2.38 bits per heavy atom. The molecule has 0 aromatic heterocycles. The zero-order valence-electron chi connectivity index (χ0n) is 7.30. The Hall–Kier alpha value is -0.840. The Morgan fingerprint density at radius 1 is 1.69 bits per heavy atom. The van der Waals surface area contributed by atoms with Gasteiger partial charge in [-0.3, -0.25) is 0 Å². The first-order valence-corrected chi connectivity index (χ1v) is 4.12. The minimum absolute atomic E-state index is 0.0350. The molecule has 5 nitrogen and oxygen atoms in total. The Kier molecular flexibility index (Phi) is 3.48. The summed E-state index contributed by atoms with van der Waals surface area (Å²) in [7, 11) is 0. The Bertz CT molecular complexity index is 220. The fourth-order valence-corrected chi connectivity index (χ4v) is 1.53. The molecule has 0 bridgehead atoms. The summed E-state index contributed by atoms with van der Waals surface area (Å²) in [6.45, 7) is 1.40. The quantitative estimate of drug-likeness (QED) is 0.409. The average molecular weight is 189 g/mol. The van der Waals surface area contributed by atoms with Gasteiger partial charge in [0.05, 0.1) is 18.8 Å². The van der Waals surface area contributed by atoms with Crippen molar-refractivity contribution in [1.82, 2.24) is 0 Å². The lowest BCUT2D eigenvalue weighted by atomic mass is 9.98. The van der Waals surface area contributed by atoms with E-state index in [0.29, 0.717) is 0 Å². The van der Waals surface area contributed by atoms with Crippen LogP contribution in [0.1, 0.15) is 6.92 Å². The molecule has 0 spiro atoms. The molecule has 1 rings (SSSR count). The van der Waals surface area contributed by atoms with E-state index in [2.05, 4.69) is 10.0 Å². The van der Waals surface area contributed by atoms with Crippen molar-refractivity contribution >= 4 is 0 Å². The van der Waals surface area contributed by atoms with Crippen LogP contribution in [0.2, 0.25) is 0 Å². The molecule has 74 valence electrons. The van der Waals surface area contributed by atoms with E-state index in [-0.39, 0.29) is 13.2 Å². The van der Waals surface area contributed by atoms with Gasteiger partial charge in [0.15, 0.2) is 0 Å². The van der Waals surface area contributed by atoms with E-state index < -0.39 is 24.3 Å². The summed E-state index contributed by atoms with van der Waals surface area (Å²) in [5.41, 5.74) is 8.07. The smallest absolute Gasteiger partial charge is 0.131 e. The molecular weight excluding hydrogens is 177 g/mol. The maximum atomic E-state index is 13.3. The van der Waals surface area contributed by atoms with Crippen LogP contribution >= 0.6 is 0 Å². The molecule has 0 amide bonds. The number of nitrogens with zero attached hydrogens (tertiary/aromatic N) is 3. The SMILES string of the molecule is C[C@@H]1O[C@H](CO)[C@H](CN=[N+]=[N-])C1F. The monoisotopic (exact) mass is 189 g/mol. The van der Waals surface area contributed by atoms with Crippen LogP contribution < -0.4 is 0 Å². The number of alkyl halides is 1. The number of azide groups is 1. The number of aliphatic hydroxyl groups is 1. The Morgan fingerprint density at radius 3 is 2.92 bits per heavy atom. The standard InChI is InChI=1S/C7H12FN3O2/c1-4-7(8)5(2-10-11-9)6(3-12)13-4/h4-7,12H,2-3H2,1H3/t4-,5-,6+,7?/m0/s1. The summed E-state index contributed by atoms with van der Waals surface area (Å²) in [5.74, 6) is -0.518. The van der Waals surface area contributed by atoms with Gasteiger partial charge in [-0.1, -0.05) is 5.11 Å². The molecular formula is C7H12FN3O2. The summed E-state index contributed by atoms with van der Waals surface area (Å²) in [6.07, 6.45) is -2.24. The number of ether oxygens (including phenoxy) is 1. The van der Waals surface area contributed by atoms with Gasteiger partial charge in [-0.15, -0.1) is 0 Å². The van der Waals surface area contributed by atoms with Crippen molar-refractivity contribution in [3.8, 4) is 0 Å². The third-order valence-electron chi connectivity index (χ3n) is 2.26. The van der Waals surface area contributed by atoms with Gasteiger partial charge in [-0.05, 0) is 12.5 Å². The first-order valence-electron chi connectivity index (χ1n) is 4.12. The molecule has 6 heteroatoms. The molecule has 1 N–H and O–H groups in total. The third kappa shape index (κ3) is 2.09. The number of hydrogen-bond donors (Lipinski definition) is 1. The summed E-state index contributed by atoms with van der Waals surface area (Å²) in [5, 5.41) is 12.1. The van der Waals surface area contributed by atoms with E-state index in [4.69, 9.17) is 15.4 Å². The van der Waals surface area contributed by atoms with Crippen LogP contribution in [0.5, 0.6) is 0 Å². The molecule has 0 saturated carbocycles. The maximum absolute atomic E-state index is 13.3. The molecule has 0 aromatic carbocycles. The normalized spacial score (nSPS) is 38.7. The van der Waals surface area contributed by atoms with Crippen LogP contribution in [0.3, 0.4) is 0 Å². The van der Waals surface area contributed by atoms with E-state index in [0.717, 1.165) is 0 Å². The minimum atomic E-state index is -1.16. The van der Waals surface area contributed by atoms with Gasteiger partial charge in [0.2, 0.25) is 0 Å². The number of halogens is 1. The van der Waals surface area contributed by atoms with E-state index in [1.165, 1.54) is 0 Å². The van der Waals surface area contributed by atoms with Gasteiger partial charge < -0.3 is 9.84 Å². The van der Waals surface area contributed by atoms with Crippen molar-refractivity contribution < 1.29 is 14.2 Å². The average Bonchev–Trinajstić information content (AvgIpc) is 2.40. The predicted molar refractivity (Wildman–Crippen MR) is 43.8 cm³/mol. The highest BCUT2D eigenvalue weighted by atomic mass is 19.1. The van der Waals surface area contributed by atoms with Crippen LogP contribution in [0.4, 0.5) is 4.39 Å². The molecule has 1 aliphatic rings. The number of rotatable bonds is 3. The fraction of sp³-hybridized carbons (Fsp3) is 1.00. The van der Waals surface area contributed by atoms with Crippen molar-refractivity contribution in [1.29, 1.82) is 0 Å². The summed E-state index contributed by atoms with van der Waals surface area (Å²) in [6, 6.07) is 0. The van der Waals surface area contributed by atoms with Crippen molar-refractivity contribution in [2.45, 2.75) is 25.3 Å². The van der Waals surface area contributed by atoms with E-state index in [1.807, 2.05) is 0 Å². The molecule has 1 heterocycles. The van der Waals surface area contributed by atoms with Gasteiger partial charge in [-0.25, -0.2) is 4.39 Å². The topological polar surface area (TPSA) is 78.2 Å². The molecule has 0 aliphatic carbocycles. The Balaban J connectivity index is 2.61. The largest absolute Gasteiger partial charge is 0.394 e. The molecule has 1 unspecified atom stereocenters. The van der Waals surface area contributed by atoms with Gasteiger partial charge >= 0.3 is 0 Å². The van der Waals surface area contributed by atoms with Crippen LogP contribution in [0.25, 0.3) is 10.4 Å². The molecule has 0 radical (unpaired) electrons. The Labute approximate surface area is 75.1 Å². The van der Waals surface area contributed by atoms with Crippen molar-refractivity contribution in [2.24, 2.45) is 11.0 Å². The van der Waals surface area contributed by atoms with E-state index >= 15 is 0 Å². The van der Waals surface area contributed by atoms with Gasteiger partial charge in [0.1, 0.15) is 6.17 Å². The van der Waals surface area contributed by atoms with E-state index in [1.54, 1.807) is 6.92 Å². The third-order valence-corrected chi connectivity index (χ3v) is 2.26. The van der Waals surface area contributed by atoms with Crippen molar-refractivity contribution in [3.05, 3.63) is 10.4 Å². The molecule has 4 atom stereocenters. The van der Waals surface area contributed by atoms with Gasteiger partial charge in [0, 0.05) is 17.4 Å². The first kappa shape index (κ1) is 10.2. The molecule has 1 fully saturated rings. The number of hydrogen-bond acceptors (Lipinski definition) is 3. The first-order chi connectivity index (χ1) is 6.20. The number of aliphatic hydroxyl groups excluding tert-OH is 1. The lowest BCUT2D eigenvalue weighted by Crippen LogP contribution is -2.27. The van der Waals surface area contributed by atoms with Crippen molar-refractivity contribution in [3.63, 3.8) is 0 Å². The highest BCUT2D eigenvalue weighted by molar-refractivity contribution is 4.89. The molecule has 1 saturated heterocycles. The summed E-state index contributed by atoms with van der Waals surface area (Å²) in [4.78, 5) is 2.55. The van der Waals surface area contributed by atoms with Gasteiger partial charge in [0.25, 0.3) is 0 Å². The lowest BCUT2D eigenvalue weighted by molar-refractivity contribution is 0.00389. The highest BCUT2D eigenvalue weighted by Crippen LogP contribution is 2.29. The second kappa shape index (κ2) is 4.41. The van der Waals surface area contributed by atoms with Gasteiger partial charge in [-0.2, -0.15) is 0 Å². The zero-order valence-corrected chi connectivity index (χ0v) is 7.30. The molecule has 0 aromatic rings. The molecule has 13 heavy (non-hydrogen) atoms. The highest BCUT2D eigenvalue weighted by Gasteiger charge is 2.41. The predicted octanol–water partition coefficient (Wildman–Crippen LogP) is 1.03. The van der Waals surface area contributed by atoms with E-state index in [9.17, 15) is 4.39 Å². The second-order valence-corrected chi connectivity index (χ2v) is 3.08. The fourth-order valence-electron chi connectivity index (χ4n) is 1.53. The summed E-state index contributed by atoms with van der Waals surface area (Å²) >= 11 is 0. The van der Waals surface area contributed by atoms with Crippen LogP contribution in [-0.2, 0) is 4.74 Å².